The van der Waals surface area contributed by atoms with Crippen molar-refractivity contribution in [2.75, 3.05) is 31.1 Å². The maximum Gasteiger partial charge on any atom is 0.254 e. The van der Waals surface area contributed by atoms with Gasteiger partial charge in [-0.05, 0) is 44.2 Å². The van der Waals surface area contributed by atoms with Crippen molar-refractivity contribution in [3.05, 3.63) is 42.5 Å². The van der Waals surface area contributed by atoms with E-state index in [-0.39, 0.29) is 5.91 Å². The number of hydrogen-bond donors (Lipinski definition) is 1. The topological polar surface area (TPSA) is 69.6 Å². The summed E-state index contributed by atoms with van der Waals surface area (Å²) in [7, 11) is 0. The minimum atomic E-state index is -1.13. The van der Waals surface area contributed by atoms with Crippen LogP contribution in [0.1, 0.15) is 32.1 Å². The van der Waals surface area contributed by atoms with Gasteiger partial charge in [-0.25, -0.2) is 0 Å². The summed E-state index contributed by atoms with van der Waals surface area (Å²) in [5.41, 5.74) is 0.773. The van der Waals surface area contributed by atoms with Crippen molar-refractivity contribution in [2.24, 2.45) is 0 Å². The monoisotopic (exact) mass is 366 g/mol. The highest BCUT2D eigenvalue weighted by Crippen LogP contribution is 2.31. The zero-order chi connectivity index (χ0) is 18.7. The van der Waals surface area contributed by atoms with Gasteiger partial charge < -0.3 is 14.9 Å². The summed E-state index contributed by atoms with van der Waals surface area (Å²) < 4.78 is 0. The predicted molar refractivity (Wildman–Crippen MR) is 104 cm³/mol. The Morgan fingerprint density at radius 1 is 0.889 bits per heavy atom. The van der Waals surface area contributed by atoms with Crippen LogP contribution in [0.2, 0.25) is 0 Å². The van der Waals surface area contributed by atoms with Gasteiger partial charge in [0.1, 0.15) is 5.60 Å². The van der Waals surface area contributed by atoms with Gasteiger partial charge in [0.05, 0.1) is 5.69 Å². The third-order valence-electron chi connectivity index (χ3n) is 5.66. The van der Waals surface area contributed by atoms with Gasteiger partial charge in [-0.15, -0.1) is 10.2 Å². The number of benzene rings is 1. The molecule has 1 N–H and O–H groups in total. The van der Waals surface area contributed by atoms with Crippen molar-refractivity contribution in [2.45, 2.75) is 37.7 Å². The first kappa shape index (κ1) is 17.9. The number of carbonyl (C=O) groups is 1. The number of anilines is 1. The van der Waals surface area contributed by atoms with Crippen LogP contribution in [0.5, 0.6) is 0 Å². The number of aromatic nitrogens is 2. The van der Waals surface area contributed by atoms with Crippen LogP contribution in [0, 0.1) is 0 Å². The molecule has 1 aliphatic heterocycles. The molecule has 0 atom stereocenters. The number of amides is 1. The summed E-state index contributed by atoms with van der Waals surface area (Å²) in [4.78, 5) is 16.8. The molecule has 0 spiro atoms. The SMILES string of the molecule is O=C(N1CCCN(c2ccc(-c3ccccc3)nn2)CC1)C1(O)CCCC1. The third-order valence-corrected chi connectivity index (χ3v) is 5.66. The summed E-state index contributed by atoms with van der Waals surface area (Å²) in [6, 6.07) is 14.0. The second kappa shape index (κ2) is 7.64. The highest BCUT2D eigenvalue weighted by molar-refractivity contribution is 5.85. The van der Waals surface area contributed by atoms with E-state index in [4.69, 9.17) is 0 Å². The molecular formula is C21H26N4O2. The smallest absolute Gasteiger partial charge is 0.254 e. The van der Waals surface area contributed by atoms with Crippen LogP contribution in [0.15, 0.2) is 42.5 Å². The molecule has 2 aliphatic rings. The van der Waals surface area contributed by atoms with E-state index in [1.54, 1.807) is 0 Å². The fourth-order valence-corrected chi connectivity index (χ4v) is 4.07. The van der Waals surface area contributed by atoms with Gasteiger partial charge in [-0.1, -0.05) is 30.3 Å². The highest BCUT2D eigenvalue weighted by atomic mass is 16.3. The molecule has 27 heavy (non-hydrogen) atoms. The molecule has 6 nitrogen and oxygen atoms in total. The molecule has 1 amide bonds. The molecule has 6 heteroatoms. The fourth-order valence-electron chi connectivity index (χ4n) is 4.07. The van der Waals surface area contributed by atoms with Crippen molar-refractivity contribution in [3.8, 4) is 11.3 Å². The van der Waals surface area contributed by atoms with Crippen LogP contribution in [-0.2, 0) is 4.79 Å². The lowest BCUT2D eigenvalue weighted by Crippen LogP contribution is -2.48. The summed E-state index contributed by atoms with van der Waals surface area (Å²) in [6.45, 7) is 2.85. The molecule has 2 aromatic rings. The van der Waals surface area contributed by atoms with E-state index in [2.05, 4.69) is 15.1 Å². The molecule has 2 heterocycles. The molecule has 0 radical (unpaired) electrons. The summed E-state index contributed by atoms with van der Waals surface area (Å²) in [6.07, 6.45) is 3.93. The largest absolute Gasteiger partial charge is 0.380 e. The number of carbonyl (C=O) groups excluding carboxylic acids is 1. The Bertz CT molecular complexity index is 773. The van der Waals surface area contributed by atoms with Gasteiger partial charge in [-0.3, -0.25) is 4.79 Å². The Labute approximate surface area is 159 Å². The fraction of sp³-hybridized carbons (Fsp3) is 0.476. The molecule has 1 saturated carbocycles. The Hall–Kier alpha value is -2.47. The van der Waals surface area contributed by atoms with Crippen molar-refractivity contribution in [3.63, 3.8) is 0 Å². The molecule has 1 aromatic carbocycles. The van der Waals surface area contributed by atoms with E-state index >= 15 is 0 Å². The van der Waals surface area contributed by atoms with E-state index in [0.29, 0.717) is 32.5 Å². The van der Waals surface area contributed by atoms with Crippen LogP contribution in [0.3, 0.4) is 0 Å². The Morgan fingerprint density at radius 3 is 2.37 bits per heavy atom. The summed E-state index contributed by atoms with van der Waals surface area (Å²) in [5.74, 6) is 0.746. The van der Waals surface area contributed by atoms with E-state index in [9.17, 15) is 9.90 Å². The second-order valence-electron chi connectivity index (χ2n) is 7.51. The van der Waals surface area contributed by atoms with Crippen molar-refractivity contribution < 1.29 is 9.90 Å². The second-order valence-corrected chi connectivity index (χ2v) is 7.51. The maximum atomic E-state index is 12.7. The van der Waals surface area contributed by atoms with Gasteiger partial charge in [0, 0.05) is 31.7 Å². The van der Waals surface area contributed by atoms with E-state index in [0.717, 1.165) is 42.9 Å². The molecule has 2 fully saturated rings. The lowest BCUT2D eigenvalue weighted by Gasteiger charge is -2.29. The van der Waals surface area contributed by atoms with Crippen LogP contribution < -0.4 is 4.90 Å². The van der Waals surface area contributed by atoms with Crippen molar-refractivity contribution in [1.82, 2.24) is 15.1 Å². The first-order valence-corrected chi connectivity index (χ1v) is 9.82. The molecule has 0 unspecified atom stereocenters. The molecule has 0 bridgehead atoms. The predicted octanol–water partition coefficient (Wildman–Crippen LogP) is 2.49. The minimum Gasteiger partial charge on any atom is -0.380 e. The van der Waals surface area contributed by atoms with Crippen LogP contribution in [0.4, 0.5) is 5.82 Å². The number of hydrogen-bond acceptors (Lipinski definition) is 5. The average molecular weight is 366 g/mol. The van der Waals surface area contributed by atoms with Gasteiger partial charge in [-0.2, -0.15) is 0 Å². The Morgan fingerprint density at radius 2 is 1.67 bits per heavy atom. The van der Waals surface area contributed by atoms with Crippen LogP contribution in [-0.4, -0.2) is 57.9 Å². The van der Waals surface area contributed by atoms with E-state index in [1.165, 1.54) is 0 Å². The Balaban J connectivity index is 1.41. The number of rotatable bonds is 3. The van der Waals surface area contributed by atoms with Crippen molar-refractivity contribution in [1.29, 1.82) is 0 Å². The first-order chi connectivity index (χ1) is 13.2. The van der Waals surface area contributed by atoms with Crippen molar-refractivity contribution >= 4 is 11.7 Å². The number of aliphatic hydroxyl groups is 1. The lowest BCUT2D eigenvalue weighted by molar-refractivity contribution is -0.150. The van der Waals surface area contributed by atoms with Crippen LogP contribution in [0.25, 0.3) is 11.3 Å². The maximum absolute atomic E-state index is 12.7. The van der Waals surface area contributed by atoms with Gasteiger partial charge in [0.25, 0.3) is 5.91 Å². The zero-order valence-electron chi connectivity index (χ0n) is 15.5. The van der Waals surface area contributed by atoms with Crippen LogP contribution >= 0.6 is 0 Å². The molecule has 4 rings (SSSR count). The Kier molecular flexibility index (Phi) is 5.07. The third kappa shape index (κ3) is 3.81. The molecule has 1 aromatic heterocycles. The highest BCUT2D eigenvalue weighted by Gasteiger charge is 2.41. The summed E-state index contributed by atoms with van der Waals surface area (Å²) >= 11 is 0. The van der Waals surface area contributed by atoms with E-state index < -0.39 is 5.60 Å². The normalized spacial score (nSPS) is 19.7. The van der Waals surface area contributed by atoms with E-state index in [1.807, 2.05) is 47.4 Å². The zero-order valence-corrected chi connectivity index (χ0v) is 15.5. The molecular weight excluding hydrogens is 340 g/mol. The van der Waals surface area contributed by atoms with Gasteiger partial charge in [0.2, 0.25) is 0 Å². The lowest BCUT2D eigenvalue weighted by atomic mass is 10.0. The molecule has 142 valence electrons. The first-order valence-electron chi connectivity index (χ1n) is 9.82. The van der Waals surface area contributed by atoms with Gasteiger partial charge in [0.15, 0.2) is 5.82 Å². The molecule has 1 aliphatic carbocycles. The standard InChI is InChI=1S/C21H26N4O2/c26-20(21(27)11-4-5-12-21)25-14-6-13-24(15-16-25)19-10-9-18(22-23-19)17-7-2-1-3-8-17/h1-3,7-10,27H,4-6,11-16H2. The average Bonchev–Trinajstić information content (AvgIpc) is 3.02. The quantitative estimate of drug-likeness (QED) is 0.904. The molecule has 1 saturated heterocycles. The summed E-state index contributed by atoms with van der Waals surface area (Å²) in [5, 5.41) is 19.4. The minimum absolute atomic E-state index is 0.0904. The number of nitrogens with zero attached hydrogens (tertiary/aromatic N) is 4. The van der Waals surface area contributed by atoms with Gasteiger partial charge >= 0.3 is 0 Å².